The van der Waals surface area contributed by atoms with E-state index in [2.05, 4.69) is 188 Å². The maximum Gasteiger partial charge on any atom is 0.0991 e. The summed E-state index contributed by atoms with van der Waals surface area (Å²) in [7, 11) is 0. The van der Waals surface area contributed by atoms with E-state index in [1.165, 1.54) is 60.4 Å². The number of hydrogen-bond donors (Lipinski definition) is 0. The van der Waals surface area contributed by atoms with Gasteiger partial charge in [-0.3, -0.25) is 0 Å². The number of para-hydroxylation sites is 2. The number of hydrogen-bond acceptors (Lipinski definition) is 1. The van der Waals surface area contributed by atoms with E-state index in [1.807, 2.05) is 18.2 Å². The monoisotopic (exact) mass is 703 g/mol. The molecule has 2 heterocycles. The maximum atomic E-state index is 9.99. The van der Waals surface area contributed by atoms with Crippen molar-refractivity contribution < 1.29 is 0 Å². The summed E-state index contributed by atoms with van der Waals surface area (Å²) in [6, 6.07) is 63.4. The lowest BCUT2D eigenvalue weighted by atomic mass is 9.96. The van der Waals surface area contributed by atoms with Gasteiger partial charge in [0.15, 0.2) is 0 Å². The van der Waals surface area contributed by atoms with E-state index >= 15 is 0 Å². The minimum Gasteiger partial charge on any atom is -0.309 e. The zero-order chi connectivity index (χ0) is 37.2. The molecule has 0 N–H and O–H groups in total. The highest BCUT2D eigenvalue weighted by molar-refractivity contribution is 6.12. The molecule has 0 saturated heterocycles. The molecule has 0 atom stereocenters. The molecule has 260 valence electrons. The number of aryl methyl sites for hydroxylation is 2. The van der Waals surface area contributed by atoms with Gasteiger partial charge in [0, 0.05) is 27.1 Å². The predicted octanol–water partition coefficient (Wildman–Crippen LogP) is 13.7. The molecular formula is C52H37N3. The van der Waals surface area contributed by atoms with E-state index in [0.717, 1.165) is 44.6 Å². The van der Waals surface area contributed by atoms with Crippen LogP contribution < -0.4 is 0 Å². The fourth-order valence-electron chi connectivity index (χ4n) is 8.78. The number of rotatable bonds is 5. The zero-order valence-electron chi connectivity index (χ0n) is 31.0. The number of nitriles is 1. The van der Waals surface area contributed by atoms with Crippen molar-refractivity contribution in [3.8, 4) is 50.8 Å². The zero-order valence-corrected chi connectivity index (χ0v) is 31.0. The normalized spacial score (nSPS) is 11.5. The minimum atomic E-state index is 0.639. The molecule has 0 aliphatic carbocycles. The Labute approximate surface area is 320 Å². The fraction of sp³-hybridized carbons (Fsp3) is 0.0577. The fourth-order valence-corrected chi connectivity index (χ4v) is 8.78. The Kier molecular flexibility index (Phi) is 7.54. The Morgan fingerprint density at radius 3 is 1.51 bits per heavy atom. The second-order valence-electron chi connectivity index (χ2n) is 14.6. The summed E-state index contributed by atoms with van der Waals surface area (Å²) in [5.74, 6) is 0. The summed E-state index contributed by atoms with van der Waals surface area (Å²) >= 11 is 0. The minimum absolute atomic E-state index is 0.639. The van der Waals surface area contributed by atoms with Crippen LogP contribution in [0.1, 0.15) is 22.3 Å². The second kappa shape index (κ2) is 12.8. The van der Waals surface area contributed by atoms with Gasteiger partial charge >= 0.3 is 0 Å². The highest BCUT2D eigenvalue weighted by Crippen LogP contribution is 2.43. The Hall–Kier alpha value is -7.15. The molecule has 3 heteroatoms. The molecule has 0 aliphatic rings. The van der Waals surface area contributed by atoms with E-state index in [1.54, 1.807) is 0 Å². The van der Waals surface area contributed by atoms with Crippen molar-refractivity contribution in [1.29, 1.82) is 5.26 Å². The van der Waals surface area contributed by atoms with Gasteiger partial charge in [-0.25, -0.2) is 0 Å². The van der Waals surface area contributed by atoms with Crippen LogP contribution in [0.3, 0.4) is 0 Å². The van der Waals surface area contributed by atoms with Crippen LogP contribution in [0.15, 0.2) is 170 Å². The molecule has 10 aromatic rings. The van der Waals surface area contributed by atoms with Crippen LogP contribution in [0.4, 0.5) is 0 Å². The quantitative estimate of drug-likeness (QED) is 0.176. The van der Waals surface area contributed by atoms with Crippen LogP contribution in [-0.4, -0.2) is 9.13 Å². The molecular weight excluding hydrogens is 667 g/mol. The van der Waals surface area contributed by atoms with Crippen molar-refractivity contribution in [2.24, 2.45) is 0 Å². The highest BCUT2D eigenvalue weighted by atomic mass is 15.0. The lowest BCUT2D eigenvalue weighted by Gasteiger charge is -2.22. The molecule has 55 heavy (non-hydrogen) atoms. The smallest absolute Gasteiger partial charge is 0.0991 e. The molecule has 0 fully saturated rings. The molecule has 0 radical (unpaired) electrons. The molecule has 0 saturated carbocycles. The lowest BCUT2D eigenvalue weighted by Crippen LogP contribution is -2.06. The molecule has 0 amide bonds. The van der Waals surface area contributed by atoms with Crippen molar-refractivity contribution in [3.63, 3.8) is 0 Å². The number of fused-ring (bicyclic) bond motifs is 6. The van der Waals surface area contributed by atoms with E-state index in [9.17, 15) is 5.26 Å². The van der Waals surface area contributed by atoms with Crippen molar-refractivity contribution in [2.75, 3.05) is 0 Å². The van der Waals surface area contributed by atoms with Crippen molar-refractivity contribution in [2.45, 2.75) is 20.8 Å². The van der Waals surface area contributed by atoms with Crippen LogP contribution in [0.25, 0.3) is 88.4 Å². The van der Waals surface area contributed by atoms with Gasteiger partial charge in [0.05, 0.1) is 45.1 Å². The molecule has 2 aromatic heterocycles. The van der Waals surface area contributed by atoms with Gasteiger partial charge in [0.2, 0.25) is 0 Å². The predicted molar refractivity (Wildman–Crippen MR) is 230 cm³/mol. The number of aromatic nitrogens is 2. The average molecular weight is 704 g/mol. The van der Waals surface area contributed by atoms with Gasteiger partial charge in [-0.1, -0.05) is 127 Å². The van der Waals surface area contributed by atoms with Crippen LogP contribution in [0.5, 0.6) is 0 Å². The van der Waals surface area contributed by atoms with Gasteiger partial charge < -0.3 is 9.13 Å². The van der Waals surface area contributed by atoms with Gasteiger partial charge in [0.25, 0.3) is 0 Å². The summed E-state index contributed by atoms with van der Waals surface area (Å²) in [6.07, 6.45) is 0. The Balaban J connectivity index is 1.33. The number of benzene rings is 8. The molecule has 0 aliphatic heterocycles. The van der Waals surface area contributed by atoms with Crippen molar-refractivity contribution in [1.82, 2.24) is 9.13 Å². The topological polar surface area (TPSA) is 33.6 Å². The van der Waals surface area contributed by atoms with Crippen LogP contribution in [0, 0.1) is 32.1 Å². The first-order valence-electron chi connectivity index (χ1n) is 18.8. The van der Waals surface area contributed by atoms with Crippen LogP contribution in [-0.2, 0) is 0 Å². The third-order valence-corrected chi connectivity index (χ3v) is 11.4. The average Bonchev–Trinajstić information content (AvgIpc) is 3.73. The number of nitrogens with zero attached hydrogens (tertiary/aromatic N) is 3. The van der Waals surface area contributed by atoms with Crippen LogP contribution >= 0.6 is 0 Å². The van der Waals surface area contributed by atoms with E-state index in [-0.39, 0.29) is 0 Å². The SMILES string of the molecule is Cc1ccccc1-c1ccc2c3ccccc3n(-c3ccc(-c4cccc(C#N)c4)c(-n4c5ccccc5c5ccc(-c6ccccc6C)cc54)c3C)c2c1. The first kappa shape index (κ1) is 32.5. The van der Waals surface area contributed by atoms with Crippen molar-refractivity contribution in [3.05, 3.63) is 192 Å². The molecule has 8 aromatic carbocycles. The molecule has 0 bridgehead atoms. The third kappa shape index (κ3) is 5.11. The summed E-state index contributed by atoms with van der Waals surface area (Å²) < 4.78 is 4.92. The molecule has 3 nitrogen and oxygen atoms in total. The third-order valence-electron chi connectivity index (χ3n) is 11.4. The summed E-state index contributed by atoms with van der Waals surface area (Å²) in [5, 5.41) is 14.8. The highest BCUT2D eigenvalue weighted by Gasteiger charge is 2.23. The van der Waals surface area contributed by atoms with Gasteiger partial charge in [-0.15, -0.1) is 0 Å². The van der Waals surface area contributed by atoms with E-state index in [4.69, 9.17) is 0 Å². The lowest BCUT2D eigenvalue weighted by molar-refractivity contribution is 1.10. The largest absolute Gasteiger partial charge is 0.309 e. The van der Waals surface area contributed by atoms with E-state index in [0.29, 0.717) is 5.56 Å². The summed E-state index contributed by atoms with van der Waals surface area (Å²) in [6.45, 7) is 6.63. The summed E-state index contributed by atoms with van der Waals surface area (Å²) in [5.41, 5.74) is 18.0. The second-order valence-corrected chi connectivity index (χ2v) is 14.6. The Morgan fingerprint density at radius 1 is 0.400 bits per heavy atom. The van der Waals surface area contributed by atoms with E-state index < -0.39 is 0 Å². The first-order valence-corrected chi connectivity index (χ1v) is 18.8. The molecule has 0 spiro atoms. The summed E-state index contributed by atoms with van der Waals surface area (Å²) in [4.78, 5) is 0. The standard InChI is InChI=1S/C52H37N3/c1-33-13-4-6-17-40(33)38-23-25-45-43-19-8-10-21-48(43)54(50(45)30-38)47-28-27-42(37-16-12-15-36(29-37)32-53)52(35(47)3)55-49-22-11-9-20-44(49)46-26-24-39(31-51(46)55)41-18-7-5-14-34(41)2/h4-31H,1-3H3. The maximum absolute atomic E-state index is 9.99. The Bertz CT molecular complexity index is 3200. The Morgan fingerprint density at radius 2 is 0.909 bits per heavy atom. The van der Waals surface area contributed by atoms with Gasteiger partial charge in [-0.05, 0) is 108 Å². The van der Waals surface area contributed by atoms with Crippen molar-refractivity contribution >= 4 is 43.6 Å². The van der Waals surface area contributed by atoms with Crippen LogP contribution in [0.2, 0.25) is 0 Å². The molecule has 0 unspecified atom stereocenters. The van der Waals surface area contributed by atoms with Gasteiger partial charge in [0.1, 0.15) is 0 Å². The van der Waals surface area contributed by atoms with Gasteiger partial charge in [-0.2, -0.15) is 5.26 Å². The molecule has 10 rings (SSSR count). The first-order chi connectivity index (χ1) is 27.0.